The van der Waals surface area contributed by atoms with Gasteiger partial charge in [0, 0.05) is 37.3 Å². The second-order valence-corrected chi connectivity index (χ2v) is 11.7. The maximum atomic E-state index is 12.0. The van der Waals surface area contributed by atoms with Crippen LogP contribution in [-0.4, -0.2) is 71.4 Å². The molecule has 6 rings (SSSR count). The molecule has 9 nitrogen and oxygen atoms in total. The average molecular weight is 589 g/mol. The van der Waals surface area contributed by atoms with Crippen LogP contribution >= 0.6 is 0 Å². The lowest BCUT2D eigenvalue weighted by molar-refractivity contribution is 0.0195. The number of tetrazole rings is 1. The van der Waals surface area contributed by atoms with Crippen molar-refractivity contribution in [2.24, 2.45) is 0 Å². The molecule has 0 spiro atoms. The zero-order valence-electron chi connectivity index (χ0n) is 25.1. The monoisotopic (exact) mass is 588 g/mol. The molecule has 0 unspecified atom stereocenters. The van der Waals surface area contributed by atoms with Crippen molar-refractivity contribution in [3.63, 3.8) is 0 Å². The van der Waals surface area contributed by atoms with Gasteiger partial charge in [-0.15, -0.1) is 5.10 Å². The number of carbonyl (C=O) groups is 1. The molecule has 1 fully saturated rings. The lowest BCUT2D eigenvalue weighted by atomic mass is 9.92. The molecule has 0 radical (unpaired) electrons. The number of hydrogen-bond donors (Lipinski definition) is 2. The highest BCUT2D eigenvalue weighted by Gasteiger charge is 2.35. The van der Waals surface area contributed by atoms with Crippen LogP contribution in [0.4, 0.5) is 0 Å². The van der Waals surface area contributed by atoms with Gasteiger partial charge in [-0.05, 0) is 77.7 Å². The van der Waals surface area contributed by atoms with Gasteiger partial charge in [0.15, 0.2) is 5.82 Å². The largest absolute Gasteiger partial charge is 0.508 e. The van der Waals surface area contributed by atoms with E-state index in [-0.39, 0.29) is 23.4 Å². The first-order chi connectivity index (χ1) is 21.3. The Labute approximate surface area is 257 Å². The highest BCUT2D eigenvalue weighted by Crippen LogP contribution is 2.36. The molecular formula is C35H36N6O3. The third-order valence-electron chi connectivity index (χ3n) is 8.48. The number of nitrogens with zero attached hydrogens (tertiary/aromatic N) is 6. The van der Waals surface area contributed by atoms with Gasteiger partial charge in [0.25, 0.3) is 0 Å². The van der Waals surface area contributed by atoms with Crippen molar-refractivity contribution >= 4 is 5.97 Å². The van der Waals surface area contributed by atoms with Gasteiger partial charge in [0.05, 0.1) is 17.3 Å². The Hall–Kier alpha value is -4.86. The Kier molecular flexibility index (Phi) is 8.23. The quantitative estimate of drug-likeness (QED) is 0.237. The molecule has 5 aromatic rings. The Morgan fingerprint density at radius 3 is 2.39 bits per heavy atom. The summed E-state index contributed by atoms with van der Waals surface area (Å²) in [5.74, 6) is -0.354. The second kappa shape index (κ2) is 12.4. The number of rotatable bonds is 8. The van der Waals surface area contributed by atoms with E-state index in [4.69, 9.17) is 0 Å². The third kappa shape index (κ3) is 5.97. The summed E-state index contributed by atoms with van der Waals surface area (Å²) in [6, 6.07) is 31.8. The highest BCUT2D eigenvalue weighted by molar-refractivity contribution is 5.92. The summed E-state index contributed by atoms with van der Waals surface area (Å²) in [4.78, 5) is 17.0. The first kappa shape index (κ1) is 29.2. The summed E-state index contributed by atoms with van der Waals surface area (Å²) < 4.78 is 1.48. The van der Waals surface area contributed by atoms with Gasteiger partial charge in [-0.25, -0.2) is 4.79 Å². The number of carboxylic acid groups (broad SMARTS) is 1. The predicted octanol–water partition coefficient (Wildman–Crippen LogP) is 5.73. The Balaban J connectivity index is 1.32. The van der Waals surface area contributed by atoms with Gasteiger partial charge in [-0.2, -0.15) is 4.68 Å². The van der Waals surface area contributed by atoms with Crippen LogP contribution < -0.4 is 0 Å². The number of aromatic nitrogens is 4. The summed E-state index contributed by atoms with van der Waals surface area (Å²) in [7, 11) is 0. The van der Waals surface area contributed by atoms with Crippen molar-refractivity contribution in [3.8, 4) is 22.8 Å². The van der Waals surface area contributed by atoms with Gasteiger partial charge < -0.3 is 10.2 Å². The first-order valence-electron chi connectivity index (χ1n) is 14.8. The van der Waals surface area contributed by atoms with Gasteiger partial charge in [0.1, 0.15) is 5.75 Å². The number of aromatic carboxylic acids is 1. The van der Waals surface area contributed by atoms with Crippen LogP contribution in [0.3, 0.4) is 0 Å². The summed E-state index contributed by atoms with van der Waals surface area (Å²) in [6.45, 7) is 9.13. The SMILES string of the molecule is Cc1ccc(C(=O)O)c(-n2nnnc2-c2ccc([C@H](c3cccc(O)c3)N3C[C@@H](C)N(Cc4ccccc4)C[C@@H]3C)cc2)c1. The van der Waals surface area contributed by atoms with Gasteiger partial charge in [0.2, 0.25) is 0 Å². The number of piperazine rings is 1. The molecule has 9 heteroatoms. The molecule has 2 N–H and O–H groups in total. The van der Waals surface area contributed by atoms with E-state index in [1.54, 1.807) is 24.3 Å². The molecular weight excluding hydrogens is 552 g/mol. The minimum absolute atomic E-state index is 0.0844. The molecule has 1 saturated heterocycles. The van der Waals surface area contributed by atoms with Crippen molar-refractivity contribution in [1.82, 2.24) is 30.0 Å². The van der Waals surface area contributed by atoms with Gasteiger partial charge >= 0.3 is 5.97 Å². The Bertz CT molecular complexity index is 1750. The Morgan fingerprint density at radius 1 is 0.886 bits per heavy atom. The van der Waals surface area contributed by atoms with Crippen LogP contribution in [0.25, 0.3) is 17.1 Å². The number of hydrogen-bond acceptors (Lipinski definition) is 7. The molecule has 1 aliphatic heterocycles. The lowest BCUT2D eigenvalue weighted by Gasteiger charge is -2.47. The Morgan fingerprint density at radius 2 is 1.66 bits per heavy atom. The van der Waals surface area contributed by atoms with Gasteiger partial charge in [-0.1, -0.05) is 72.8 Å². The second-order valence-electron chi connectivity index (χ2n) is 11.7. The highest BCUT2D eigenvalue weighted by atomic mass is 16.4. The fourth-order valence-electron chi connectivity index (χ4n) is 6.23. The molecule has 224 valence electrons. The number of phenols is 1. The summed E-state index contributed by atoms with van der Waals surface area (Å²) >= 11 is 0. The summed E-state index contributed by atoms with van der Waals surface area (Å²) in [6.07, 6.45) is 0. The van der Waals surface area contributed by atoms with Crippen LogP contribution in [0.2, 0.25) is 0 Å². The minimum atomic E-state index is -1.04. The average Bonchev–Trinajstić information content (AvgIpc) is 3.50. The molecule has 0 aliphatic carbocycles. The van der Waals surface area contributed by atoms with E-state index in [1.807, 2.05) is 31.2 Å². The number of carboxylic acids is 1. The molecule has 4 aromatic carbocycles. The number of phenolic OH excluding ortho intramolecular Hbond substituents is 1. The topological polar surface area (TPSA) is 108 Å². The van der Waals surface area contributed by atoms with Crippen molar-refractivity contribution in [2.75, 3.05) is 13.1 Å². The van der Waals surface area contributed by atoms with E-state index >= 15 is 0 Å². The van der Waals surface area contributed by atoms with Crippen molar-refractivity contribution in [3.05, 3.63) is 125 Å². The van der Waals surface area contributed by atoms with Crippen LogP contribution in [0.15, 0.2) is 97.1 Å². The zero-order valence-corrected chi connectivity index (χ0v) is 25.1. The first-order valence-corrected chi connectivity index (χ1v) is 14.8. The smallest absolute Gasteiger partial charge is 0.337 e. The van der Waals surface area contributed by atoms with E-state index in [2.05, 4.69) is 87.7 Å². The lowest BCUT2D eigenvalue weighted by Crippen LogP contribution is -2.56. The normalized spacial score (nSPS) is 18.2. The molecule has 0 bridgehead atoms. The van der Waals surface area contributed by atoms with E-state index < -0.39 is 5.97 Å². The van der Waals surface area contributed by atoms with Crippen LogP contribution in [0.1, 0.15) is 52.5 Å². The van der Waals surface area contributed by atoms with Crippen molar-refractivity contribution in [2.45, 2.75) is 45.4 Å². The fourth-order valence-corrected chi connectivity index (χ4v) is 6.23. The number of benzene rings is 4. The fraction of sp³-hybridized carbons (Fsp3) is 0.257. The van der Waals surface area contributed by atoms with E-state index in [0.717, 1.165) is 41.9 Å². The molecule has 44 heavy (non-hydrogen) atoms. The number of aryl methyl sites for hydroxylation is 1. The standard InChI is InChI=1S/C35H36N6O3/c1-23-12-17-31(35(43)44)32(18-23)41-34(36-37-38-41)28-15-13-27(14-16-28)33(29-10-7-11-30(42)19-29)40-21-24(2)39(20-25(40)3)22-26-8-5-4-6-9-26/h4-19,24-25,33,42H,20-22H2,1-3H3,(H,43,44)/t24-,25+,33-/m1/s1. The predicted molar refractivity (Wildman–Crippen MR) is 169 cm³/mol. The van der Waals surface area contributed by atoms with Crippen molar-refractivity contribution in [1.29, 1.82) is 0 Å². The third-order valence-corrected chi connectivity index (χ3v) is 8.48. The van der Waals surface area contributed by atoms with E-state index in [1.165, 1.54) is 10.2 Å². The van der Waals surface area contributed by atoms with Crippen LogP contribution in [0.5, 0.6) is 5.75 Å². The molecule has 0 saturated carbocycles. The van der Waals surface area contributed by atoms with Crippen molar-refractivity contribution < 1.29 is 15.0 Å². The minimum Gasteiger partial charge on any atom is -0.508 e. The number of aromatic hydroxyl groups is 1. The maximum absolute atomic E-state index is 12.0. The van der Waals surface area contributed by atoms with Crippen LogP contribution in [-0.2, 0) is 6.54 Å². The van der Waals surface area contributed by atoms with E-state index in [0.29, 0.717) is 17.6 Å². The summed E-state index contributed by atoms with van der Waals surface area (Å²) in [5, 5.41) is 32.5. The van der Waals surface area contributed by atoms with E-state index in [9.17, 15) is 15.0 Å². The van der Waals surface area contributed by atoms with Gasteiger partial charge in [-0.3, -0.25) is 9.80 Å². The molecule has 1 aromatic heterocycles. The molecule has 0 amide bonds. The molecule has 1 aliphatic rings. The molecule has 3 atom stereocenters. The summed E-state index contributed by atoms with van der Waals surface area (Å²) in [5.41, 5.74) is 5.61. The van der Waals surface area contributed by atoms with Crippen LogP contribution in [0, 0.1) is 6.92 Å². The zero-order chi connectivity index (χ0) is 30.8. The molecule has 2 heterocycles. The maximum Gasteiger partial charge on any atom is 0.337 e.